The summed E-state index contributed by atoms with van der Waals surface area (Å²) in [4.78, 5) is 17.1. The molecule has 0 unspecified atom stereocenters. The van der Waals surface area contributed by atoms with Crippen LogP contribution in [0.25, 0.3) is 0 Å². The average Bonchev–Trinajstić information content (AvgIpc) is 2.99. The lowest BCUT2D eigenvalue weighted by atomic mass is 10.0. The lowest BCUT2D eigenvalue weighted by molar-refractivity contribution is -0.0645. The number of piperazine rings is 1. The van der Waals surface area contributed by atoms with Gasteiger partial charge in [-0.1, -0.05) is 0 Å². The molecule has 6 nitrogen and oxygen atoms in total. The second kappa shape index (κ2) is 5.90. The largest absolute Gasteiger partial charge is 0.444 e. The van der Waals surface area contributed by atoms with Crippen LogP contribution in [0.3, 0.4) is 0 Å². The van der Waals surface area contributed by atoms with Crippen LogP contribution in [0.1, 0.15) is 47.5 Å². The summed E-state index contributed by atoms with van der Waals surface area (Å²) >= 11 is 0. The Bertz CT molecular complexity index is 460. The van der Waals surface area contributed by atoms with Crippen molar-refractivity contribution in [1.82, 2.24) is 15.1 Å². The molecule has 3 aliphatic rings. The zero-order valence-corrected chi connectivity index (χ0v) is 15.1. The predicted molar refractivity (Wildman–Crippen MR) is 88.3 cm³/mol. The highest BCUT2D eigenvalue weighted by atomic mass is 16.6. The molecule has 0 spiro atoms. The molecule has 0 aromatic carbocycles. The highest BCUT2D eigenvalue weighted by Crippen LogP contribution is 2.32. The van der Waals surface area contributed by atoms with Crippen LogP contribution < -0.4 is 5.32 Å². The van der Waals surface area contributed by atoms with E-state index in [2.05, 4.69) is 10.2 Å². The van der Waals surface area contributed by atoms with Crippen molar-refractivity contribution in [3.63, 3.8) is 0 Å². The van der Waals surface area contributed by atoms with Gasteiger partial charge >= 0.3 is 6.09 Å². The number of carbonyl (C=O) groups excluding carboxylic acids is 1. The smallest absolute Gasteiger partial charge is 0.412 e. The molecule has 0 bridgehead atoms. The van der Waals surface area contributed by atoms with E-state index in [1.165, 1.54) is 19.4 Å². The molecule has 0 aromatic rings. The third-order valence-electron chi connectivity index (χ3n) is 5.12. The van der Waals surface area contributed by atoms with Crippen LogP contribution in [0.2, 0.25) is 0 Å². The van der Waals surface area contributed by atoms with E-state index < -0.39 is 11.3 Å². The van der Waals surface area contributed by atoms with Crippen molar-refractivity contribution in [2.24, 2.45) is 0 Å². The van der Waals surface area contributed by atoms with E-state index in [0.29, 0.717) is 12.6 Å². The summed E-state index contributed by atoms with van der Waals surface area (Å²) in [7, 11) is 0. The Balaban J connectivity index is 1.73. The maximum Gasteiger partial charge on any atom is 0.412 e. The Morgan fingerprint density at radius 3 is 2.78 bits per heavy atom. The minimum Gasteiger partial charge on any atom is -0.444 e. The molecular weight excluding hydrogens is 294 g/mol. The molecule has 0 aromatic heterocycles. The van der Waals surface area contributed by atoms with Crippen molar-refractivity contribution in [2.75, 3.05) is 26.2 Å². The average molecular weight is 325 g/mol. The zero-order valence-electron chi connectivity index (χ0n) is 15.1. The number of nitrogens with one attached hydrogen (secondary N) is 1. The molecule has 0 radical (unpaired) electrons. The number of hydrogen-bond acceptors (Lipinski definition) is 5. The van der Waals surface area contributed by atoms with Gasteiger partial charge in [0.1, 0.15) is 11.3 Å². The third-order valence-corrected chi connectivity index (χ3v) is 5.12. The first-order chi connectivity index (χ1) is 10.7. The normalized spacial score (nSPS) is 34.5. The molecular formula is C17H31N3O3. The van der Waals surface area contributed by atoms with Crippen molar-refractivity contribution in [1.29, 1.82) is 0 Å². The first-order valence-electron chi connectivity index (χ1n) is 8.81. The molecule has 3 heterocycles. The number of rotatable bonds is 1. The van der Waals surface area contributed by atoms with E-state index in [0.717, 1.165) is 13.1 Å². The number of hydrogen-bond donors (Lipinski definition) is 1. The Morgan fingerprint density at radius 2 is 2.09 bits per heavy atom. The Hall–Kier alpha value is -0.850. The summed E-state index contributed by atoms with van der Waals surface area (Å²) < 4.78 is 11.6. The fourth-order valence-electron chi connectivity index (χ4n) is 4.02. The minimum atomic E-state index is -0.628. The van der Waals surface area contributed by atoms with Gasteiger partial charge < -0.3 is 14.8 Å². The summed E-state index contributed by atoms with van der Waals surface area (Å²) in [5.41, 5.74) is -1.13. The molecule has 3 fully saturated rings. The summed E-state index contributed by atoms with van der Waals surface area (Å²) in [6, 6.07) is 0.914. The maximum atomic E-state index is 12.7. The lowest BCUT2D eigenvalue weighted by Gasteiger charge is -2.42. The van der Waals surface area contributed by atoms with E-state index in [9.17, 15) is 4.79 Å². The number of fused-ring (bicyclic) bond motifs is 1. The summed E-state index contributed by atoms with van der Waals surface area (Å²) in [5.74, 6) is 0. The predicted octanol–water partition coefficient (Wildman–Crippen LogP) is 1.79. The van der Waals surface area contributed by atoms with Gasteiger partial charge in [0.05, 0.1) is 12.6 Å². The van der Waals surface area contributed by atoms with Gasteiger partial charge in [0.2, 0.25) is 0 Å². The van der Waals surface area contributed by atoms with Gasteiger partial charge in [0, 0.05) is 25.2 Å². The standard InChI is InChI=1S/C17H31N3O3/c1-16(2,3)23-15(21)20-14(11-22-17(20,4)5)13-10-19-8-6-7-12(19)9-18-13/h12-14,18H,6-11H2,1-5H3/t12-,13-,14-/m0/s1. The van der Waals surface area contributed by atoms with Gasteiger partial charge in [0.25, 0.3) is 0 Å². The monoisotopic (exact) mass is 325 g/mol. The lowest BCUT2D eigenvalue weighted by Crippen LogP contribution is -2.63. The van der Waals surface area contributed by atoms with Crippen molar-refractivity contribution in [3.8, 4) is 0 Å². The van der Waals surface area contributed by atoms with Crippen LogP contribution in [-0.4, -0.2) is 71.6 Å². The minimum absolute atomic E-state index is 0.0152. The fraction of sp³-hybridized carbons (Fsp3) is 0.941. The number of amides is 1. The van der Waals surface area contributed by atoms with Gasteiger partial charge in [-0.2, -0.15) is 0 Å². The quantitative estimate of drug-likeness (QED) is 0.797. The highest BCUT2D eigenvalue weighted by Gasteiger charge is 2.50. The highest BCUT2D eigenvalue weighted by molar-refractivity contribution is 5.70. The molecule has 1 N–H and O–H groups in total. The van der Waals surface area contributed by atoms with Gasteiger partial charge in [-0.3, -0.25) is 9.80 Å². The second-order valence-corrected chi connectivity index (χ2v) is 8.48. The molecule has 132 valence electrons. The molecule has 3 saturated heterocycles. The topological polar surface area (TPSA) is 54.0 Å². The van der Waals surface area contributed by atoms with Gasteiger partial charge in [0.15, 0.2) is 0 Å². The Kier molecular flexibility index (Phi) is 4.36. The summed E-state index contributed by atoms with van der Waals surface area (Å²) in [5, 5.41) is 3.65. The molecule has 3 aliphatic heterocycles. The Morgan fingerprint density at radius 1 is 1.35 bits per heavy atom. The number of ether oxygens (including phenoxy) is 2. The maximum absolute atomic E-state index is 12.7. The zero-order chi connectivity index (χ0) is 16.8. The van der Waals surface area contributed by atoms with Crippen molar-refractivity contribution >= 4 is 6.09 Å². The SMILES string of the molecule is CC(C)(C)OC(=O)N1[C@H]([C@@H]2CN3CCC[C@H]3CN2)COC1(C)C. The van der Waals surface area contributed by atoms with E-state index in [1.54, 1.807) is 4.90 Å². The molecule has 1 amide bonds. The molecule has 3 atom stereocenters. The van der Waals surface area contributed by atoms with Crippen LogP contribution in [0.5, 0.6) is 0 Å². The van der Waals surface area contributed by atoms with E-state index >= 15 is 0 Å². The van der Waals surface area contributed by atoms with Crippen LogP contribution in [0, 0.1) is 0 Å². The molecule has 6 heteroatoms. The third kappa shape index (κ3) is 3.49. The molecule has 0 aliphatic carbocycles. The van der Waals surface area contributed by atoms with Gasteiger partial charge in [-0.15, -0.1) is 0 Å². The molecule has 3 rings (SSSR count). The summed E-state index contributed by atoms with van der Waals surface area (Å²) in [6.45, 7) is 13.3. The number of nitrogens with zero attached hydrogens (tertiary/aromatic N) is 2. The van der Waals surface area contributed by atoms with Crippen molar-refractivity contribution < 1.29 is 14.3 Å². The number of carbonyl (C=O) groups is 1. The molecule has 23 heavy (non-hydrogen) atoms. The first kappa shape index (κ1) is 17.0. The Labute approximate surface area is 139 Å². The molecule has 0 saturated carbocycles. The van der Waals surface area contributed by atoms with Gasteiger partial charge in [-0.25, -0.2) is 4.79 Å². The summed E-state index contributed by atoms with van der Waals surface area (Å²) in [6.07, 6.45) is 2.28. The van der Waals surface area contributed by atoms with Crippen molar-refractivity contribution in [2.45, 2.75) is 76.9 Å². The van der Waals surface area contributed by atoms with Crippen LogP contribution >= 0.6 is 0 Å². The van der Waals surface area contributed by atoms with Gasteiger partial charge in [-0.05, 0) is 54.0 Å². The van der Waals surface area contributed by atoms with Crippen LogP contribution in [0.4, 0.5) is 4.79 Å². The van der Waals surface area contributed by atoms with E-state index in [-0.39, 0.29) is 18.2 Å². The van der Waals surface area contributed by atoms with Crippen LogP contribution in [-0.2, 0) is 9.47 Å². The van der Waals surface area contributed by atoms with E-state index in [1.807, 2.05) is 34.6 Å². The van der Waals surface area contributed by atoms with Crippen molar-refractivity contribution in [3.05, 3.63) is 0 Å². The van der Waals surface area contributed by atoms with E-state index in [4.69, 9.17) is 9.47 Å². The first-order valence-corrected chi connectivity index (χ1v) is 8.81. The van der Waals surface area contributed by atoms with Crippen LogP contribution in [0.15, 0.2) is 0 Å². The fourth-order valence-corrected chi connectivity index (χ4v) is 4.02. The second-order valence-electron chi connectivity index (χ2n) is 8.48.